The van der Waals surface area contributed by atoms with Gasteiger partial charge in [-0.3, -0.25) is 0 Å². The number of nitrogens with two attached hydrogens (primary N) is 1. The smallest absolute Gasteiger partial charge is 0.406 e. The third kappa shape index (κ3) is 3.59. The summed E-state index contributed by atoms with van der Waals surface area (Å²) in [6.07, 6.45) is -3.00. The fourth-order valence-corrected chi connectivity index (χ4v) is 2.50. The largest absolute Gasteiger partial charge is 0.573 e. The molecule has 1 aliphatic rings. The highest BCUT2D eigenvalue weighted by Gasteiger charge is 2.38. The number of ether oxygens (including phenoxy) is 1. The van der Waals surface area contributed by atoms with Gasteiger partial charge in [-0.1, -0.05) is 12.1 Å². The molecule has 1 aromatic carbocycles. The van der Waals surface area contributed by atoms with Gasteiger partial charge in [0.15, 0.2) is 0 Å². The molecule has 6 heteroatoms. The van der Waals surface area contributed by atoms with Crippen LogP contribution in [-0.2, 0) is 5.67 Å². The second-order valence-electron chi connectivity index (χ2n) is 4.90. The summed E-state index contributed by atoms with van der Waals surface area (Å²) in [4.78, 5) is 0. The average Bonchev–Trinajstić information content (AvgIpc) is 2.26. The van der Waals surface area contributed by atoms with Gasteiger partial charge in [-0.15, -0.1) is 13.2 Å². The van der Waals surface area contributed by atoms with Crippen LogP contribution in [0.1, 0.15) is 31.2 Å². The van der Waals surface area contributed by atoms with Gasteiger partial charge in [-0.05, 0) is 37.0 Å². The topological polar surface area (TPSA) is 35.2 Å². The molecule has 2 atom stereocenters. The predicted octanol–water partition coefficient (Wildman–Crippen LogP) is 3.65. The molecule has 0 aromatic heterocycles. The van der Waals surface area contributed by atoms with Crippen LogP contribution in [0.15, 0.2) is 24.3 Å². The van der Waals surface area contributed by atoms with Crippen molar-refractivity contribution in [1.29, 1.82) is 0 Å². The highest BCUT2D eigenvalue weighted by molar-refractivity contribution is 5.33. The van der Waals surface area contributed by atoms with E-state index in [1.54, 1.807) is 0 Å². The Morgan fingerprint density at radius 3 is 2.68 bits per heavy atom. The van der Waals surface area contributed by atoms with E-state index < -0.39 is 17.8 Å². The van der Waals surface area contributed by atoms with Crippen molar-refractivity contribution in [3.63, 3.8) is 0 Å². The lowest BCUT2D eigenvalue weighted by molar-refractivity contribution is -0.274. The highest BCUT2D eigenvalue weighted by Crippen LogP contribution is 2.41. The van der Waals surface area contributed by atoms with Crippen LogP contribution in [0, 0.1) is 0 Å². The maximum absolute atomic E-state index is 14.8. The van der Waals surface area contributed by atoms with Crippen LogP contribution < -0.4 is 10.5 Å². The number of alkyl halides is 4. The normalized spacial score (nSPS) is 28.2. The van der Waals surface area contributed by atoms with Gasteiger partial charge in [-0.2, -0.15) is 0 Å². The number of benzene rings is 1. The van der Waals surface area contributed by atoms with E-state index in [1.807, 2.05) is 0 Å². The summed E-state index contributed by atoms with van der Waals surface area (Å²) in [6, 6.07) is 4.83. The Morgan fingerprint density at radius 2 is 2.05 bits per heavy atom. The van der Waals surface area contributed by atoms with E-state index in [-0.39, 0.29) is 24.4 Å². The lowest BCUT2D eigenvalue weighted by atomic mass is 9.79. The number of rotatable bonds is 2. The lowest BCUT2D eigenvalue weighted by Gasteiger charge is -2.33. The first-order chi connectivity index (χ1) is 8.78. The molecule has 0 amide bonds. The summed E-state index contributed by atoms with van der Waals surface area (Å²) >= 11 is 0. The van der Waals surface area contributed by atoms with Crippen molar-refractivity contribution in [3.05, 3.63) is 29.8 Å². The Balaban J connectivity index is 2.22. The Morgan fingerprint density at radius 1 is 1.32 bits per heavy atom. The van der Waals surface area contributed by atoms with Crippen molar-refractivity contribution in [3.8, 4) is 5.75 Å². The molecule has 2 rings (SSSR count). The Kier molecular flexibility index (Phi) is 3.71. The van der Waals surface area contributed by atoms with Crippen LogP contribution in [-0.4, -0.2) is 12.4 Å². The Labute approximate surface area is 108 Å². The molecule has 2 N–H and O–H groups in total. The van der Waals surface area contributed by atoms with E-state index in [1.165, 1.54) is 12.1 Å². The monoisotopic (exact) mass is 277 g/mol. The lowest BCUT2D eigenvalue weighted by Crippen LogP contribution is -2.36. The SMILES string of the molecule is NC1CCCC(F)(c2cccc(OC(F)(F)F)c2)C1. The molecule has 19 heavy (non-hydrogen) atoms. The van der Waals surface area contributed by atoms with Gasteiger partial charge in [0.1, 0.15) is 11.4 Å². The third-order valence-corrected chi connectivity index (χ3v) is 3.32. The Bertz CT molecular complexity index is 449. The van der Waals surface area contributed by atoms with Crippen molar-refractivity contribution < 1.29 is 22.3 Å². The standard InChI is InChI=1S/C13H15F4NO/c14-12(6-2-4-10(18)8-12)9-3-1-5-11(7-9)19-13(15,16)17/h1,3,5,7,10H,2,4,6,8,18H2. The summed E-state index contributed by atoms with van der Waals surface area (Å²) in [6.45, 7) is 0. The molecule has 0 saturated heterocycles. The molecular formula is C13H15F4NO. The molecule has 106 valence electrons. The van der Waals surface area contributed by atoms with Gasteiger partial charge in [0.05, 0.1) is 0 Å². The second kappa shape index (κ2) is 5.00. The maximum atomic E-state index is 14.8. The average molecular weight is 277 g/mol. The van der Waals surface area contributed by atoms with E-state index in [0.29, 0.717) is 6.42 Å². The molecule has 0 aliphatic heterocycles. The fraction of sp³-hybridized carbons (Fsp3) is 0.538. The number of hydrogen-bond acceptors (Lipinski definition) is 2. The van der Waals surface area contributed by atoms with Crippen molar-refractivity contribution >= 4 is 0 Å². The van der Waals surface area contributed by atoms with Gasteiger partial charge >= 0.3 is 6.36 Å². The first-order valence-corrected chi connectivity index (χ1v) is 6.09. The number of halogens is 4. The third-order valence-electron chi connectivity index (χ3n) is 3.32. The second-order valence-corrected chi connectivity index (χ2v) is 4.90. The van der Waals surface area contributed by atoms with Gasteiger partial charge in [-0.25, -0.2) is 4.39 Å². The molecule has 2 nitrogen and oxygen atoms in total. The molecule has 0 heterocycles. The van der Waals surface area contributed by atoms with E-state index >= 15 is 0 Å². The van der Waals surface area contributed by atoms with Gasteiger partial charge in [0, 0.05) is 12.5 Å². The summed E-state index contributed by atoms with van der Waals surface area (Å²) in [5, 5.41) is 0. The van der Waals surface area contributed by atoms with Gasteiger partial charge in [0.2, 0.25) is 0 Å². The number of hydrogen-bond donors (Lipinski definition) is 1. The van der Waals surface area contributed by atoms with Crippen LogP contribution in [0.2, 0.25) is 0 Å². The molecule has 1 aromatic rings. The van der Waals surface area contributed by atoms with E-state index in [4.69, 9.17) is 5.73 Å². The minimum atomic E-state index is -4.77. The molecule has 0 radical (unpaired) electrons. The molecular weight excluding hydrogens is 262 g/mol. The molecule has 1 fully saturated rings. The van der Waals surface area contributed by atoms with Crippen molar-refractivity contribution in [2.45, 2.75) is 43.8 Å². The quantitative estimate of drug-likeness (QED) is 0.837. The summed E-state index contributed by atoms with van der Waals surface area (Å²) < 4.78 is 55.0. The van der Waals surface area contributed by atoms with Gasteiger partial charge < -0.3 is 10.5 Å². The first-order valence-electron chi connectivity index (χ1n) is 6.09. The summed E-state index contributed by atoms with van der Waals surface area (Å²) in [5.74, 6) is -0.402. The van der Waals surface area contributed by atoms with Crippen molar-refractivity contribution in [2.24, 2.45) is 5.73 Å². The fourth-order valence-electron chi connectivity index (χ4n) is 2.50. The minimum absolute atomic E-state index is 0.127. The zero-order valence-corrected chi connectivity index (χ0v) is 10.2. The minimum Gasteiger partial charge on any atom is -0.406 e. The van der Waals surface area contributed by atoms with E-state index in [2.05, 4.69) is 4.74 Å². The van der Waals surface area contributed by atoms with Crippen LogP contribution in [0.25, 0.3) is 0 Å². The maximum Gasteiger partial charge on any atom is 0.573 e. The van der Waals surface area contributed by atoms with Crippen molar-refractivity contribution in [2.75, 3.05) is 0 Å². The molecule has 1 saturated carbocycles. The van der Waals surface area contributed by atoms with Crippen molar-refractivity contribution in [1.82, 2.24) is 0 Å². The zero-order chi connectivity index (χ0) is 14.1. The van der Waals surface area contributed by atoms with Crippen LogP contribution >= 0.6 is 0 Å². The van der Waals surface area contributed by atoms with E-state index in [9.17, 15) is 17.6 Å². The highest BCUT2D eigenvalue weighted by atomic mass is 19.4. The predicted molar refractivity (Wildman–Crippen MR) is 62.4 cm³/mol. The van der Waals surface area contributed by atoms with Crippen LogP contribution in [0.3, 0.4) is 0 Å². The molecule has 0 spiro atoms. The Hall–Kier alpha value is -1.30. The summed E-state index contributed by atoms with van der Waals surface area (Å²) in [5.41, 5.74) is 4.27. The van der Waals surface area contributed by atoms with Crippen LogP contribution in [0.5, 0.6) is 5.75 Å². The molecule has 0 bridgehead atoms. The van der Waals surface area contributed by atoms with Crippen LogP contribution in [0.4, 0.5) is 17.6 Å². The molecule has 2 unspecified atom stereocenters. The summed E-state index contributed by atoms with van der Waals surface area (Å²) in [7, 11) is 0. The van der Waals surface area contributed by atoms with E-state index in [0.717, 1.165) is 18.6 Å². The zero-order valence-electron chi connectivity index (χ0n) is 10.2. The molecule has 1 aliphatic carbocycles. The first kappa shape index (κ1) is 14.1. The van der Waals surface area contributed by atoms with Gasteiger partial charge in [0.25, 0.3) is 0 Å².